The first-order valence-corrected chi connectivity index (χ1v) is 15.9. The third kappa shape index (κ3) is 6.08. The number of aromatic nitrogens is 2. The Balaban J connectivity index is 1.53. The predicted octanol–water partition coefficient (Wildman–Crippen LogP) is 5.20. The minimum atomic E-state index is -3.65. The molecule has 2 aromatic carbocycles. The lowest BCUT2D eigenvalue weighted by molar-refractivity contribution is -0.122. The van der Waals surface area contributed by atoms with E-state index in [2.05, 4.69) is 6.92 Å². The maximum absolute atomic E-state index is 13.5. The molecular formula is C29H32N4O4S3. The third-order valence-corrected chi connectivity index (χ3v) is 10.3. The van der Waals surface area contributed by atoms with Crippen molar-refractivity contribution in [3.8, 4) is 16.9 Å². The number of thioether (sulfide) groups is 1. The van der Waals surface area contributed by atoms with E-state index in [4.69, 9.17) is 22.1 Å². The Hall–Kier alpha value is -2.83. The minimum absolute atomic E-state index is 0.153. The second kappa shape index (κ2) is 12.4. The van der Waals surface area contributed by atoms with Crippen LogP contribution in [-0.4, -0.2) is 71.0 Å². The molecule has 2 aliphatic rings. The first kappa shape index (κ1) is 28.7. The second-order valence-electron chi connectivity index (χ2n) is 10.0. The van der Waals surface area contributed by atoms with Crippen molar-refractivity contribution in [1.29, 1.82) is 0 Å². The number of ether oxygens (including phenoxy) is 1. The van der Waals surface area contributed by atoms with Crippen molar-refractivity contribution in [1.82, 2.24) is 19.0 Å². The van der Waals surface area contributed by atoms with E-state index in [0.717, 1.165) is 18.5 Å². The van der Waals surface area contributed by atoms with Crippen molar-refractivity contribution in [2.75, 3.05) is 33.4 Å². The molecule has 40 heavy (non-hydrogen) atoms. The van der Waals surface area contributed by atoms with Gasteiger partial charge in [0.2, 0.25) is 10.0 Å². The lowest BCUT2D eigenvalue weighted by Gasteiger charge is -2.30. The van der Waals surface area contributed by atoms with Gasteiger partial charge in [-0.05, 0) is 55.5 Å². The quantitative estimate of drug-likeness (QED) is 0.191. The Bertz CT molecular complexity index is 1540. The molecule has 3 heterocycles. The van der Waals surface area contributed by atoms with Gasteiger partial charge in [0.15, 0.2) is 0 Å². The molecule has 1 aromatic heterocycles. The van der Waals surface area contributed by atoms with E-state index < -0.39 is 10.0 Å². The summed E-state index contributed by atoms with van der Waals surface area (Å²) < 4.78 is 36.0. The van der Waals surface area contributed by atoms with E-state index in [0.29, 0.717) is 64.6 Å². The fourth-order valence-electron chi connectivity index (χ4n) is 4.95. The lowest BCUT2D eigenvalue weighted by Crippen LogP contribution is -2.39. The van der Waals surface area contributed by atoms with Gasteiger partial charge in [-0.25, -0.2) is 13.1 Å². The number of thiocarbonyl (C=S) groups is 1. The molecule has 0 aliphatic carbocycles. The van der Waals surface area contributed by atoms with E-state index in [1.165, 1.54) is 11.8 Å². The van der Waals surface area contributed by atoms with E-state index in [1.54, 1.807) is 45.3 Å². The number of carbonyl (C=O) groups excluding carboxylic acids is 1. The first-order valence-electron chi connectivity index (χ1n) is 13.3. The van der Waals surface area contributed by atoms with Crippen LogP contribution in [0.25, 0.3) is 23.0 Å². The average molecular weight is 597 g/mol. The van der Waals surface area contributed by atoms with Crippen LogP contribution in [0.15, 0.2) is 70.6 Å². The van der Waals surface area contributed by atoms with Crippen LogP contribution in [0.4, 0.5) is 0 Å². The zero-order valence-electron chi connectivity index (χ0n) is 22.5. The Labute approximate surface area is 245 Å². The largest absolute Gasteiger partial charge is 0.385 e. The lowest BCUT2D eigenvalue weighted by atomic mass is 10.0. The topological polar surface area (TPSA) is 84.7 Å². The van der Waals surface area contributed by atoms with E-state index in [-0.39, 0.29) is 10.8 Å². The van der Waals surface area contributed by atoms with Gasteiger partial charge in [-0.1, -0.05) is 61.2 Å². The van der Waals surface area contributed by atoms with Gasteiger partial charge in [0.05, 0.1) is 15.5 Å². The normalized spacial score (nSPS) is 19.6. The van der Waals surface area contributed by atoms with Gasteiger partial charge in [0.1, 0.15) is 10.0 Å². The van der Waals surface area contributed by atoms with Crippen molar-refractivity contribution in [3.63, 3.8) is 0 Å². The molecule has 1 atom stereocenters. The number of amides is 1. The number of para-hydroxylation sites is 1. The molecule has 0 saturated carbocycles. The smallest absolute Gasteiger partial charge is 0.266 e. The molecule has 0 N–H and O–H groups in total. The van der Waals surface area contributed by atoms with E-state index >= 15 is 0 Å². The fraction of sp³-hybridized carbons (Fsp3) is 0.345. The summed E-state index contributed by atoms with van der Waals surface area (Å²) in [7, 11) is -2.02. The van der Waals surface area contributed by atoms with Gasteiger partial charge in [0, 0.05) is 50.7 Å². The molecule has 1 unspecified atom stereocenters. The molecular weight excluding hydrogens is 565 g/mol. The molecule has 2 fully saturated rings. The summed E-state index contributed by atoms with van der Waals surface area (Å²) in [5.41, 5.74) is 2.78. The summed E-state index contributed by atoms with van der Waals surface area (Å²) in [6.07, 6.45) is 6.23. The zero-order valence-corrected chi connectivity index (χ0v) is 25.0. The molecule has 2 aliphatic heterocycles. The van der Waals surface area contributed by atoms with Gasteiger partial charge in [-0.2, -0.15) is 9.40 Å². The van der Waals surface area contributed by atoms with Crippen LogP contribution in [0.5, 0.6) is 0 Å². The molecule has 0 bridgehead atoms. The Morgan fingerprint density at radius 3 is 2.73 bits per heavy atom. The second-order valence-corrected chi connectivity index (χ2v) is 13.6. The maximum Gasteiger partial charge on any atom is 0.266 e. The van der Waals surface area contributed by atoms with Gasteiger partial charge in [-0.3, -0.25) is 9.69 Å². The average Bonchev–Trinajstić information content (AvgIpc) is 3.50. The SMILES string of the molecule is COCCCN1C(=O)C(=Cc2cn(-c3ccccc3)nc2-c2cccc(S(=O)(=O)N3CCCC(C)C3)c2)SC1=S. The highest BCUT2D eigenvalue weighted by atomic mass is 32.2. The monoisotopic (exact) mass is 596 g/mol. The summed E-state index contributed by atoms with van der Waals surface area (Å²) in [5.74, 6) is 0.174. The molecule has 5 rings (SSSR count). The number of piperidine rings is 1. The first-order chi connectivity index (χ1) is 19.3. The molecule has 0 radical (unpaired) electrons. The molecule has 3 aromatic rings. The number of benzene rings is 2. The van der Waals surface area contributed by atoms with Crippen LogP contribution in [-0.2, 0) is 19.6 Å². The zero-order chi connectivity index (χ0) is 28.3. The molecule has 0 spiro atoms. The van der Waals surface area contributed by atoms with Crippen LogP contribution in [0.3, 0.4) is 0 Å². The predicted molar refractivity (Wildman–Crippen MR) is 163 cm³/mol. The molecule has 210 valence electrons. The van der Waals surface area contributed by atoms with Crippen molar-refractivity contribution in [2.24, 2.45) is 5.92 Å². The van der Waals surface area contributed by atoms with Gasteiger partial charge >= 0.3 is 0 Å². The summed E-state index contributed by atoms with van der Waals surface area (Å²) >= 11 is 6.75. The molecule has 11 heteroatoms. The van der Waals surface area contributed by atoms with Crippen molar-refractivity contribution >= 4 is 50.3 Å². The van der Waals surface area contributed by atoms with E-state index in [1.807, 2.05) is 42.6 Å². The van der Waals surface area contributed by atoms with Gasteiger partial charge in [0.25, 0.3) is 5.91 Å². The third-order valence-electron chi connectivity index (χ3n) is 7.02. The van der Waals surface area contributed by atoms with Crippen LogP contribution in [0.2, 0.25) is 0 Å². The molecule has 8 nitrogen and oxygen atoms in total. The highest BCUT2D eigenvalue weighted by Gasteiger charge is 2.32. The number of carbonyl (C=O) groups is 1. The highest BCUT2D eigenvalue weighted by Crippen LogP contribution is 2.35. The van der Waals surface area contributed by atoms with Crippen LogP contribution in [0.1, 0.15) is 31.7 Å². The number of rotatable bonds is 9. The van der Waals surface area contributed by atoms with Crippen LogP contribution >= 0.6 is 24.0 Å². The molecule has 1 amide bonds. The van der Waals surface area contributed by atoms with Crippen LogP contribution < -0.4 is 0 Å². The summed E-state index contributed by atoms with van der Waals surface area (Å²) in [6.45, 7) is 4.16. The van der Waals surface area contributed by atoms with Gasteiger partial charge < -0.3 is 4.74 Å². The molecule has 2 saturated heterocycles. The summed E-state index contributed by atoms with van der Waals surface area (Å²) in [5, 5.41) is 4.84. The Kier molecular flexibility index (Phi) is 8.86. The minimum Gasteiger partial charge on any atom is -0.385 e. The van der Waals surface area contributed by atoms with Crippen LogP contribution in [0, 0.1) is 5.92 Å². The number of hydrogen-bond acceptors (Lipinski definition) is 7. The fourth-order valence-corrected chi connectivity index (χ4v) is 7.89. The van der Waals surface area contributed by atoms with Crippen molar-refractivity contribution < 1.29 is 17.9 Å². The number of hydrogen-bond donors (Lipinski definition) is 0. The van der Waals surface area contributed by atoms with E-state index in [9.17, 15) is 13.2 Å². The van der Waals surface area contributed by atoms with Crippen molar-refractivity contribution in [3.05, 3.63) is 71.3 Å². The number of sulfonamides is 1. The highest BCUT2D eigenvalue weighted by molar-refractivity contribution is 8.26. The summed E-state index contributed by atoms with van der Waals surface area (Å²) in [6, 6.07) is 16.6. The Morgan fingerprint density at radius 1 is 1.18 bits per heavy atom. The number of nitrogens with zero attached hydrogens (tertiary/aromatic N) is 4. The standard InChI is InChI=1S/C29H32N4O4S3/c1-21-9-7-14-31(19-21)40(35,36)25-13-6-10-22(17-25)27-23(20-33(30-27)24-11-4-3-5-12-24)18-26-28(34)32(29(38)39-26)15-8-16-37-2/h3-6,10-13,17-18,20-21H,7-9,14-16,19H2,1-2H3. The maximum atomic E-state index is 13.5. The van der Waals surface area contributed by atoms with Gasteiger partial charge in [-0.15, -0.1) is 0 Å². The number of methoxy groups -OCH3 is 1. The Morgan fingerprint density at radius 2 is 1.98 bits per heavy atom. The van der Waals surface area contributed by atoms with Crippen molar-refractivity contribution in [2.45, 2.75) is 31.1 Å². The summed E-state index contributed by atoms with van der Waals surface area (Å²) in [4.78, 5) is 15.6.